The van der Waals surface area contributed by atoms with E-state index in [-0.39, 0.29) is 11.2 Å². The fraction of sp³-hybridized carbons (Fsp3) is 0.111. The first kappa shape index (κ1) is 16.6. The monoisotopic (exact) mass is 365 g/mol. The maximum atomic E-state index is 12.7. The van der Waals surface area contributed by atoms with Gasteiger partial charge in [-0.25, -0.2) is 4.52 Å². The van der Waals surface area contributed by atoms with Crippen LogP contribution in [0, 0.1) is 0 Å². The number of rotatable bonds is 4. The Bertz CT molecular complexity index is 1230. The van der Waals surface area contributed by atoms with E-state index in [1.54, 1.807) is 36.4 Å². The molecule has 0 aliphatic carbocycles. The predicted octanol–water partition coefficient (Wildman–Crippen LogP) is 1.84. The fourth-order valence-electron chi connectivity index (χ4n) is 2.86. The molecule has 2 N–H and O–H groups in total. The molecule has 0 radical (unpaired) electrons. The van der Waals surface area contributed by atoms with Gasteiger partial charge < -0.3 is 19.8 Å². The zero-order chi connectivity index (χ0) is 19.0. The summed E-state index contributed by atoms with van der Waals surface area (Å²) in [7, 11) is 3.02. The van der Waals surface area contributed by atoms with Gasteiger partial charge in [-0.2, -0.15) is 0 Å². The number of nitrogens with one attached hydrogen (secondary N) is 2. The molecule has 2 heterocycles. The second-order valence-electron chi connectivity index (χ2n) is 5.69. The van der Waals surface area contributed by atoms with Crippen LogP contribution in [0.2, 0.25) is 0 Å². The van der Waals surface area contributed by atoms with Crippen molar-refractivity contribution in [1.82, 2.24) is 19.8 Å². The number of methoxy groups -OCH3 is 2. The van der Waals surface area contributed by atoms with Gasteiger partial charge in [0.1, 0.15) is 0 Å². The lowest BCUT2D eigenvalue weighted by Gasteiger charge is -2.10. The van der Waals surface area contributed by atoms with E-state index in [9.17, 15) is 9.59 Å². The predicted molar refractivity (Wildman–Crippen MR) is 98.6 cm³/mol. The Kier molecular flexibility index (Phi) is 3.96. The summed E-state index contributed by atoms with van der Waals surface area (Å²) in [5.41, 5.74) is 1.27. The normalized spacial score (nSPS) is 10.9. The summed E-state index contributed by atoms with van der Waals surface area (Å²) in [4.78, 5) is 27.9. The molecule has 0 bridgehead atoms. The SMILES string of the molecule is COc1ccc(NC(=O)c2nnn3c2c(=O)[nH]c2ccccc23)cc1OC. The summed E-state index contributed by atoms with van der Waals surface area (Å²) < 4.78 is 11.8. The van der Waals surface area contributed by atoms with E-state index in [4.69, 9.17) is 9.47 Å². The Hall–Kier alpha value is -3.88. The number of fused-ring (bicyclic) bond motifs is 3. The molecule has 0 fully saturated rings. The third kappa shape index (κ3) is 2.74. The summed E-state index contributed by atoms with van der Waals surface area (Å²) in [5, 5.41) is 10.6. The van der Waals surface area contributed by atoms with Crippen molar-refractivity contribution < 1.29 is 14.3 Å². The summed E-state index contributed by atoms with van der Waals surface area (Å²) in [5.74, 6) is 0.442. The van der Waals surface area contributed by atoms with E-state index in [0.717, 1.165) is 0 Å². The average Bonchev–Trinajstić information content (AvgIpc) is 3.14. The lowest BCUT2D eigenvalue weighted by Crippen LogP contribution is -2.18. The molecule has 0 saturated heterocycles. The molecule has 4 aromatic rings. The topological polar surface area (TPSA) is 111 Å². The molecule has 0 atom stereocenters. The van der Waals surface area contributed by atoms with Crippen LogP contribution in [0.15, 0.2) is 47.3 Å². The van der Waals surface area contributed by atoms with Gasteiger partial charge >= 0.3 is 0 Å². The lowest BCUT2D eigenvalue weighted by atomic mass is 10.2. The largest absolute Gasteiger partial charge is 0.493 e. The number of anilines is 1. The Morgan fingerprint density at radius 3 is 2.67 bits per heavy atom. The number of carbonyl (C=O) groups excluding carboxylic acids is 1. The highest BCUT2D eigenvalue weighted by molar-refractivity contribution is 6.07. The second kappa shape index (κ2) is 6.45. The van der Waals surface area contributed by atoms with E-state index >= 15 is 0 Å². The molecule has 0 spiro atoms. The Morgan fingerprint density at radius 1 is 1.11 bits per heavy atom. The van der Waals surface area contributed by atoms with Crippen molar-refractivity contribution in [2.75, 3.05) is 19.5 Å². The third-order valence-electron chi connectivity index (χ3n) is 4.12. The van der Waals surface area contributed by atoms with E-state index in [2.05, 4.69) is 20.6 Å². The van der Waals surface area contributed by atoms with Gasteiger partial charge in [-0.1, -0.05) is 17.3 Å². The van der Waals surface area contributed by atoms with Gasteiger partial charge in [0.05, 0.1) is 25.3 Å². The van der Waals surface area contributed by atoms with Crippen LogP contribution in [0.3, 0.4) is 0 Å². The van der Waals surface area contributed by atoms with Crippen LogP contribution in [0.4, 0.5) is 5.69 Å². The van der Waals surface area contributed by atoms with Crippen molar-refractivity contribution in [3.8, 4) is 11.5 Å². The number of carbonyl (C=O) groups is 1. The van der Waals surface area contributed by atoms with Crippen LogP contribution in [0.25, 0.3) is 16.6 Å². The second-order valence-corrected chi connectivity index (χ2v) is 5.69. The van der Waals surface area contributed by atoms with Crippen LogP contribution >= 0.6 is 0 Å². The summed E-state index contributed by atoms with van der Waals surface area (Å²) in [6.45, 7) is 0. The summed E-state index contributed by atoms with van der Waals surface area (Å²) >= 11 is 0. The summed E-state index contributed by atoms with van der Waals surface area (Å²) in [6.07, 6.45) is 0. The lowest BCUT2D eigenvalue weighted by molar-refractivity contribution is 0.102. The Morgan fingerprint density at radius 2 is 1.89 bits per heavy atom. The minimum atomic E-state index is -0.557. The number of aromatic amines is 1. The van der Waals surface area contributed by atoms with Crippen molar-refractivity contribution in [2.45, 2.75) is 0 Å². The minimum absolute atomic E-state index is 0.0724. The van der Waals surface area contributed by atoms with Gasteiger partial charge in [0, 0.05) is 11.8 Å². The van der Waals surface area contributed by atoms with Crippen molar-refractivity contribution >= 4 is 28.1 Å². The maximum Gasteiger partial charge on any atom is 0.278 e. The van der Waals surface area contributed by atoms with Gasteiger partial charge in [0.15, 0.2) is 22.7 Å². The standard InChI is InChI=1S/C18H15N5O4/c1-26-13-8-7-10(9-14(13)27-2)19-17(24)15-16-18(25)20-11-5-3-4-6-12(11)23(16)22-21-15/h3-9H,1-2H3,(H,19,24)(H,20,25). The van der Waals surface area contributed by atoms with E-state index in [0.29, 0.717) is 28.2 Å². The van der Waals surface area contributed by atoms with Gasteiger partial charge in [-0.15, -0.1) is 5.10 Å². The highest BCUT2D eigenvalue weighted by atomic mass is 16.5. The fourth-order valence-corrected chi connectivity index (χ4v) is 2.86. The van der Waals surface area contributed by atoms with Crippen LogP contribution in [-0.2, 0) is 0 Å². The first-order chi connectivity index (χ1) is 13.1. The number of hydrogen-bond acceptors (Lipinski definition) is 6. The molecule has 0 aliphatic rings. The van der Waals surface area contributed by atoms with Gasteiger partial charge in [0.25, 0.3) is 11.5 Å². The third-order valence-corrected chi connectivity index (χ3v) is 4.12. The highest BCUT2D eigenvalue weighted by Crippen LogP contribution is 2.30. The molecule has 0 saturated carbocycles. The number of para-hydroxylation sites is 2. The number of aromatic nitrogens is 4. The molecular formula is C18H15N5O4. The van der Waals surface area contributed by atoms with Crippen LogP contribution < -0.4 is 20.3 Å². The van der Waals surface area contributed by atoms with Gasteiger partial charge in [-0.05, 0) is 24.3 Å². The zero-order valence-electron chi connectivity index (χ0n) is 14.5. The highest BCUT2D eigenvalue weighted by Gasteiger charge is 2.20. The smallest absolute Gasteiger partial charge is 0.278 e. The molecule has 0 aliphatic heterocycles. The van der Waals surface area contributed by atoms with Crippen molar-refractivity contribution in [3.05, 3.63) is 58.5 Å². The van der Waals surface area contributed by atoms with Crippen molar-refractivity contribution in [3.63, 3.8) is 0 Å². The number of hydrogen-bond donors (Lipinski definition) is 2. The molecular weight excluding hydrogens is 350 g/mol. The van der Waals surface area contributed by atoms with Crippen LogP contribution in [-0.4, -0.2) is 39.9 Å². The zero-order valence-corrected chi connectivity index (χ0v) is 14.5. The maximum absolute atomic E-state index is 12.7. The van der Waals surface area contributed by atoms with Crippen molar-refractivity contribution in [1.29, 1.82) is 0 Å². The number of H-pyrrole nitrogens is 1. The van der Waals surface area contributed by atoms with Gasteiger partial charge in [0.2, 0.25) is 0 Å². The molecule has 9 nitrogen and oxygen atoms in total. The average molecular weight is 365 g/mol. The molecule has 1 amide bonds. The number of amides is 1. The van der Waals surface area contributed by atoms with Crippen molar-refractivity contribution in [2.24, 2.45) is 0 Å². The number of benzene rings is 2. The molecule has 0 unspecified atom stereocenters. The quantitative estimate of drug-likeness (QED) is 0.571. The molecule has 136 valence electrons. The Labute approximate surface area is 152 Å². The number of ether oxygens (including phenoxy) is 2. The first-order valence-corrected chi connectivity index (χ1v) is 8.02. The van der Waals surface area contributed by atoms with Crippen LogP contribution in [0.5, 0.6) is 11.5 Å². The van der Waals surface area contributed by atoms with Gasteiger partial charge in [-0.3, -0.25) is 9.59 Å². The molecule has 2 aromatic carbocycles. The van der Waals surface area contributed by atoms with E-state index in [1.807, 2.05) is 6.07 Å². The molecule has 2 aromatic heterocycles. The van der Waals surface area contributed by atoms with E-state index < -0.39 is 11.5 Å². The first-order valence-electron chi connectivity index (χ1n) is 8.02. The molecule has 4 rings (SSSR count). The Balaban J connectivity index is 1.76. The summed E-state index contributed by atoms with van der Waals surface area (Å²) in [6, 6.07) is 12.1. The minimum Gasteiger partial charge on any atom is -0.493 e. The van der Waals surface area contributed by atoms with Crippen LogP contribution in [0.1, 0.15) is 10.5 Å². The number of nitrogens with zero attached hydrogens (tertiary/aromatic N) is 3. The van der Waals surface area contributed by atoms with E-state index in [1.165, 1.54) is 18.7 Å². The molecule has 27 heavy (non-hydrogen) atoms. The molecule has 9 heteroatoms.